The van der Waals surface area contributed by atoms with Crippen molar-refractivity contribution in [3.63, 3.8) is 0 Å². The van der Waals surface area contributed by atoms with Crippen LogP contribution in [0.5, 0.6) is 5.75 Å². The molecule has 1 N–H and O–H groups in total. The van der Waals surface area contributed by atoms with Crippen molar-refractivity contribution < 1.29 is 19.1 Å². The van der Waals surface area contributed by atoms with Gasteiger partial charge >= 0.3 is 5.97 Å². The Morgan fingerprint density at radius 2 is 2.18 bits per heavy atom. The number of ether oxygens (including phenoxy) is 1. The van der Waals surface area contributed by atoms with Crippen LogP contribution < -0.4 is 0 Å². The van der Waals surface area contributed by atoms with Gasteiger partial charge in [0.15, 0.2) is 0 Å². The monoisotopic (exact) mass is 232 g/mol. The molecule has 0 amide bonds. The Bertz CT molecular complexity index is 528. The molecule has 0 aliphatic heterocycles. The Morgan fingerprint density at radius 3 is 2.88 bits per heavy atom. The SMILES string of the molecule is CCOC(=O)c1ccc(-c2cccc(O)c2)o1. The Morgan fingerprint density at radius 1 is 1.35 bits per heavy atom. The number of hydrogen-bond donors (Lipinski definition) is 1. The molecule has 17 heavy (non-hydrogen) atoms. The molecule has 0 spiro atoms. The first-order chi connectivity index (χ1) is 8.20. The zero-order valence-corrected chi connectivity index (χ0v) is 9.34. The molecule has 0 aliphatic carbocycles. The average molecular weight is 232 g/mol. The first kappa shape index (κ1) is 11.3. The highest BCUT2D eigenvalue weighted by atomic mass is 16.5. The summed E-state index contributed by atoms with van der Waals surface area (Å²) in [4.78, 5) is 11.4. The van der Waals surface area contributed by atoms with E-state index in [-0.39, 0.29) is 11.5 Å². The standard InChI is InChI=1S/C13H12O4/c1-2-16-13(15)12-7-6-11(17-12)9-4-3-5-10(14)8-9/h3-8,14H,2H2,1H3. The van der Waals surface area contributed by atoms with Crippen LogP contribution in [-0.2, 0) is 4.74 Å². The summed E-state index contributed by atoms with van der Waals surface area (Å²) in [5, 5.41) is 9.34. The third-order valence-electron chi connectivity index (χ3n) is 2.21. The normalized spacial score (nSPS) is 10.2. The summed E-state index contributed by atoms with van der Waals surface area (Å²) in [7, 11) is 0. The van der Waals surface area contributed by atoms with Crippen molar-refractivity contribution in [1.29, 1.82) is 0 Å². The lowest BCUT2D eigenvalue weighted by atomic mass is 10.2. The first-order valence-electron chi connectivity index (χ1n) is 5.27. The molecule has 0 saturated carbocycles. The molecule has 0 bridgehead atoms. The van der Waals surface area contributed by atoms with Crippen LogP contribution in [0.3, 0.4) is 0 Å². The van der Waals surface area contributed by atoms with E-state index in [1.165, 1.54) is 0 Å². The van der Waals surface area contributed by atoms with E-state index >= 15 is 0 Å². The number of phenolic OH excluding ortho intramolecular Hbond substituents is 1. The van der Waals surface area contributed by atoms with Crippen molar-refractivity contribution in [3.05, 3.63) is 42.2 Å². The summed E-state index contributed by atoms with van der Waals surface area (Å²) in [6.45, 7) is 2.04. The van der Waals surface area contributed by atoms with Crippen molar-refractivity contribution in [3.8, 4) is 17.1 Å². The van der Waals surface area contributed by atoms with E-state index in [0.717, 1.165) is 0 Å². The molecule has 1 aromatic heterocycles. The molecule has 0 radical (unpaired) electrons. The van der Waals surface area contributed by atoms with Gasteiger partial charge in [0, 0.05) is 5.56 Å². The molecule has 0 atom stereocenters. The Balaban J connectivity index is 2.27. The van der Waals surface area contributed by atoms with Crippen LogP contribution in [0.1, 0.15) is 17.5 Å². The van der Waals surface area contributed by atoms with Gasteiger partial charge in [-0.2, -0.15) is 0 Å². The van der Waals surface area contributed by atoms with Crippen LogP contribution in [0, 0.1) is 0 Å². The maximum absolute atomic E-state index is 11.4. The summed E-state index contributed by atoms with van der Waals surface area (Å²) in [6.07, 6.45) is 0. The zero-order chi connectivity index (χ0) is 12.3. The van der Waals surface area contributed by atoms with E-state index in [2.05, 4.69) is 0 Å². The second-order valence-corrected chi connectivity index (χ2v) is 3.43. The number of rotatable bonds is 3. The summed E-state index contributed by atoms with van der Waals surface area (Å²) in [6, 6.07) is 9.84. The number of benzene rings is 1. The van der Waals surface area contributed by atoms with E-state index in [1.54, 1.807) is 43.3 Å². The van der Waals surface area contributed by atoms with Gasteiger partial charge in [0.1, 0.15) is 11.5 Å². The topological polar surface area (TPSA) is 59.7 Å². The smallest absolute Gasteiger partial charge is 0.374 e. The van der Waals surface area contributed by atoms with Gasteiger partial charge in [-0.05, 0) is 31.2 Å². The molecule has 4 heteroatoms. The number of esters is 1. The highest BCUT2D eigenvalue weighted by molar-refractivity contribution is 5.87. The third-order valence-corrected chi connectivity index (χ3v) is 2.21. The predicted octanol–water partition coefficient (Wildman–Crippen LogP) is 2.83. The number of phenols is 1. The molecular formula is C13H12O4. The molecule has 2 rings (SSSR count). The molecule has 1 aromatic carbocycles. The van der Waals surface area contributed by atoms with Crippen molar-refractivity contribution >= 4 is 5.97 Å². The Kier molecular flexibility index (Phi) is 3.14. The fourth-order valence-electron chi connectivity index (χ4n) is 1.46. The van der Waals surface area contributed by atoms with Crippen molar-refractivity contribution in [2.75, 3.05) is 6.61 Å². The second-order valence-electron chi connectivity index (χ2n) is 3.43. The fourth-order valence-corrected chi connectivity index (χ4v) is 1.46. The first-order valence-corrected chi connectivity index (χ1v) is 5.27. The van der Waals surface area contributed by atoms with Crippen molar-refractivity contribution in [2.24, 2.45) is 0 Å². The highest BCUT2D eigenvalue weighted by Crippen LogP contribution is 2.25. The van der Waals surface area contributed by atoms with Gasteiger partial charge in [0.2, 0.25) is 5.76 Å². The summed E-state index contributed by atoms with van der Waals surface area (Å²) < 4.78 is 10.2. The molecular weight excluding hydrogens is 220 g/mol. The largest absolute Gasteiger partial charge is 0.508 e. The zero-order valence-electron chi connectivity index (χ0n) is 9.34. The summed E-state index contributed by atoms with van der Waals surface area (Å²) in [5.74, 6) is 0.338. The fraction of sp³-hybridized carbons (Fsp3) is 0.154. The van der Waals surface area contributed by atoms with Gasteiger partial charge in [-0.3, -0.25) is 0 Å². The van der Waals surface area contributed by atoms with Gasteiger partial charge < -0.3 is 14.3 Å². The predicted molar refractivity (Wildman–Crippen MR) is 61.8 cm³/mol. The van der Waals surface area contributed by atoms with Crippen LogP contribution in [-0.4, -0.2) is 17.7 Å². The van der Waals surface area contributed by atoms with E-state index in [1.807, 2.05) is 0 Å². The number of furan rings is 1. The van der Waals surface area contributed by atoms with Crippen molar-refractivity contribution in [2.45, 2.75) is 6.92 Å². The third kappa shape index (κ3) is 2.47. The van der Waals surface area contributed by atoms with E-state index in [9.17, 15) is 9.90 Å². The Hall–Kier alpha value is -2.23. The second kappa shape index (κ2) is 4.74. The van der Waals surface area contributed by atoms with Crippen LogP contribution in [0.15, 0.2) is 40.8 Å². The molecule has 88 valence electrons. The van der Waals surface area contributed by atoms with E-state index in [0.29, 0.717) is 17.9 Å². The van der Waals surface area contributed by atoms with E-state index < -0.39 is 5.97 Å². The molecule has 0 unspecified atom stereocenters. The van der Waals surface area contributed by atoms with Gasteiger partial charge in [-0.15, -0.1) is 0 Å². The maximum Gasteiger partial charge on any atom is 0.374 e. The number of carbonyl (C=O) groups excluding carboxylic acids is 1. The van der Waals surface area contributed by atoms with Crippen molar-refractivity contribution in [1.82, 2.24) is 0 Å². The van der Waals surface area contributed by atoms with Crippen LogP contribution in [0.25, 0.3) is 11.3 Å². The average Bonchev–Trinajstić information content (AvgIpc) is 2.78. The molecule has 0 fully saturated rings. The summed E-state index contributed by atoms with van der Waals surface area (Å²) in [5.41, 5.74) is 0.709. The minimum atomic E-state index is -0.487. The highest BCUT2D eigenvalue weighted by Gasteiger charge is 2.12. The quantitative estimate of drug-likeness (QED) is 0.826. The molecule has 0 aliphatic rings. The van der Waals surface area contributed by atoms with Gasteiger partial charge in [0.05, 0.1) is 6.61 Å². The maximum atomic E-state index is 11.4. The number of carbonyl (C=O) groups is 1. The number of aromatic hydroxyl groups is 1. The molecule has 2 aromatic rings. The number of hydrogen-bond acceptors (Lipinski definition) is 4. The summed E-state index contributed by atoms with van der Waals surface area (Å²) >= 11 is 0. The van der Waals surface area contributed by atoms with Gasteiger partial charge in [0.25, 0.3) is 0 Å². The molecule has 0 saturated heterocycles. The lowest BCUT2D eigenvalue weighted by Crippen LogP contribution is -2.02. The Labute approximate surface area is 98.4 Å². The van der Waals surface area contributed by atoms with Crippen LogP contribution >= 0.6 is 0 Å². The van der Waals surface area contributed by atoms with Crippen LogP contribution in [0.2, 0.25) is 0 Å². The molecule has 4 nitrogen and oxygen atoms in total. The molecule has 1 heterocycles. The lowest BCUT2D eigenvalue weighted by molar-refractivity contribution is 0.0491. The minimum absolute atomic E-state index is 0.150. The van der Waals surface area contributed by atoms with Gasteiger partial charge in [-0.1, -0.05) is 12.1 Å². The minimum Gasteiger partial charge on any atom is -0.508 e. The van der Waals surface area contributed by atoms with Crippen LogP contribution in [0.4, 0.5) is 0 Å². The van der Waals surface area contributed by atoms with Gasteiger partial charge in [-0.25, -0.2) is 4.79 Å². The van der Waals surface area contributed by atoms with E-state index in [4.69, 9.17) is 9.15 Å². The lowest BCUT2D eigenvalue weighted by Gasteiger charge is -1.99.